The molecule has 46 heavy (non-hydrogen) atoms. The molecule has 3 fully saturated rings. The van der Waals surface area contributed by atoms with Gasteiger partial charge < -0.3 is 33.2 Å². The van der Waals surface area contributed by atoms with Gasteiger partial charge in [-0.3, -0.25) is 9.59 Å². The Morgan fingerprint density at radius 3 is 2.46 bits per heavy atom. The molecule has 2 aliphatic carbocycles. The van der Waals surface area contributed by atoms with E-state index < -0.39 is 82.0 Å². The van der Waals surface area contributed by atoms with Crippen molar-refractivity contribution in [2.75, 3.05) is 7.11 Å². The molecule has 11 heteroatoms. The van der Waals surface area contributed by atoms with E-state index in [0.717, 1.165) is 5.56 Å². The molecule has 1 aromatic heterocycles. The number of furan rings is 1. The topological polar surface area (TPSA) is 151 Å². The van der Waals surface area contributed by atoms with Crippen LogP contribution in [0.15, 0.2) is 47.3 Å². The van der Waals surface area contributed by atoms with Crippen molar-refractivity contribution < 1.29 is 52.4 Å². The maximum Gasteiger partial charge on any atom is 0.335 e. The molecule has 2 unspecified atom stereocenters. The monoisotopic (exact) mass is 642 g/mol. The van der Waals surface area contributed by atoms with Crippen LogP contribution in [-0.4, -0.2) is 71.7 Å². The van der Waals surface area contributed by atoms with Crippen LogP contribution in [0.25, 0.3) is 0 Å². The third kappa shape index (κ3) is 5.01. The molecule has 3 heterocycles. The van der Waals surface area contributed by atoms with Gasteiger partial charge in [0.15, 0.2) is 6.10 Å². The second-order valence-electron chi connectivity index (χ2n) is 14.3. The van der Waals surface area contributed by atoms with Gasteiger partial charge in [0.1, 0.15) is 23.4 Å². The smallest absolute Gasteiger partial charge is 0.335 e. The summed E-state index contributed by atoms with van der Waals surface area (Å²) in [5, 5.41) is 11.0. The highest BCUT2D eigenvalue weighted by Gasteiger charge is 2.84. The number of rotatable bonds is 9. The van der Waals surface area contributed by atoms with Crippen molar-refractivity contribution in [3.05, 3.63) is 48.5 Å². The minimum atomic E-state index is -1.43. The summed E-state index contributed by atoms with van der Waals surface area (Å²) < 4.78 is 35.5. The zero-order valence-corrected chi connectivity index (χ0v) is 27.9. The summed E-state index contributed by atoms with van der Waals surface area (Å²) in [7, 11) is 1.28. The summed E-state index contributed by atoms with van der Waals surface area (Å²) in [5.74, 6) is -4.80. The lowest BCUT2D eigenvalue weighted by molar-refractivity contribution is -0.215. The Hall–Kier alpha value is -3.44. The Kier molecular flexibility index (Phi) is 8.60. The van der Waals surface area contributed by atoms with Crippen molar-refractivity contribution in [2.24, 2.45) is 28.6 Å². The van der Waals surface area contributed by atoms with Crippen molar-refractivity contribution in [3.63, 3.8) is 0 Å². The van der Waals surface area contributed by atoms with E-state index in [0.29, 0.717) is 18.4 Å². The maximum atomic E-state index is 13.7. The first-order valence-electron chi connectivity index (χ1n) is 15.9. The Bertz CT molecular complexity index is 1430. The van der Waals surface area contributed by atoms with Crippen molar-refractivity contribution in [1.29, 1.82) is 0 Å². The molecule has 11 atom stereocenters. The van der Waals surface area contributed by atoms with Crippen LogP contribution in [0.2, 0.25) is 0 Å². The Morgan fingerprint density at radius 2 is 1.87 bits per heavy atom. The molecule has 11 nitrogen and oxygen atoms in total. The van der Waals surface area contributed by atoms with E-state index in [2.05, 4.69) is 6.58 Å². The van der Waals surface area contributed by atoms with Crippen molar-refractivity contribution in [3.8, 4) is 0 Å². The predicted molar refractivity (Wildman–Crippen MR) is 163 cm³/mol. The standard InChI is InChI=1S/C35H46O11/c1-10-18(2)28(39)31(40)44-30-29(43-20(4)36)27(33(7)13-11-25(37)46-32(5,6)23(33)16-26(38)41-9)19(3)35-24(45-35)15-22(34(30,35)8)21-12-14-42-17-21/h11-14,17-18,22-24,27-30,39H,3,10,15-16H2,1-2,4-9H3/t18?,22-,23-,24+,27+,28?,29+,30-,33-,34+,35+/m0/s1. The first-order chi connectivity index (χ1) is 21.5. The lowest BCUT2D eigenvalue weighted by Crippen LogP contribution is -2.66. The summed E-state index contributed by atoms with van der Waals surface area (Å²) in [6.45, 7) is 16.7. The molecular weight excluding hydrogens is 596 g/mol. The maximum absolute atomic E-state index is 13.7. The molecule has 4 aliphatic rings. The minimum absolute atomic E-state index is 0.141. The Labute approximate surface area is 269 Å². The summed E-state index contributed by atoms with van der Waals surface area (Å²) in [6, 6.07) is 1.85. The van der Waals surface area contributed by atoms with Crippen LogP contribution in [0, 0.1) is 28.6 Å². The second-order valence-corrected chi connectivity index (χ2v) is 14.3. The first kappa shape index (κ1) is 33.9. The number of hydrogen-bond donors (Lipinski definition) is 1. The molecule has 2 aliphatic heterocycles. The van der Waals surface area contributed by atoms with E-state index >= 15 is 0 Å². The summed E-state index contributed by atoms with van der Waals surface area (Å²) >= 11 is 0. The quantitative estimate of drug-likeness (QED) is 0.176. The molecule has 0 amide bonds. The zero-order valence-electron chi connectivity index (χ0n) is 27.9. The summed E-state index contributed by atoms with van der Waals surface area (Å²) in [5.41, 5.74) is -2.94. The third-order valence-electron chi connectivity index (χ3n) is 11.5. The second kappa shape index (κ2) is 11.7. The lowest BCUT2D eigenvalue weighted by Gasteiger charge is -2.58. The van der Waals surface area contributed by atoms with Gasteiger partial charge >= 0.3 is 23.9 Å². The number of methoxy groups -OCH3 is 1. The number of epoxide rings is 1. The molecule has 2 saturated carbocycles. The highest BCUT2D eigenvalue weighted by atomic mass is 16.6. The fourth-order valence-electron chi connectivity index (χ4n) is 8.94. The van der Waals surface area contributed by atoms with Crippen LogP contribution in [0.5, 0.6) is 0 Å². The number of aliphatic hydroxyl groups is 1. The molecule has 1 saturated heterocycles. The molecule has 0 bridgehead atoms. The Morgan fingerprint density at radius 1 is 1.17 bits per heavy atom. The summed E-state index contributed by atoms with van der Waals surface area (Å²) in [6.07, 6.45) is 3.09. The van der Waals surface area contributed by atoms with Gasteiger partial charge in [-0.2, -0.15) is 0 Å². The highest BCUT2D eigenvalue weighted by molar-refractivity contribution is 5.83. The fraction of sp³-hybridized carbons (Fsp3) is 0.657. The van der Waals surface area contributed by atoms with Crippen LogP contribution >= 0.6 is 0 Å². The van der Waals surface area contributed by atoms with Gasteiger partial charge in [-0.25, -0.2) is 9.59 Å². The van der Waals surface area contributed by atoms with Gasteiger partial charge in [0.25, 0.3) is 0 Å². The van der Waals surface area contributed by atoms with Gasteiger partial charge in [-0.1, -0.05) is 46.8 Å². The van der Waals surface area contributed by atoms with E-state index in [1.165, 1.54) is 20.1 Å². The van der Waals surface area contributed by atoms with Gasteiger partial charge in [-0.15, -0.1) is 0 Å². The number of cyclic esters (lactones) is 1. The summed E-state index contributed by atoms with van der Waals surface area (Å²) in [4.78, 5) is 52.5. The first-order valence-corrected chi connectivity index (χ1v) is 15.9. The van der Waals surface area contributed by atoms with Gasteiger partial charge in [0.2, 0.25) is 0 Å². The SMILES string of the molecule is C=C1[C@@H]([C@@]2(C)C=CC(=O)OC(C)(C)[C@@H]2CC(=O)OC)[C@@H](OC(C)=O)[C@H](OC(=O)C(O)C(C)CC)[C@@]2(C)[C@H](c3ccoc3)C[C@H]3O[C@]132. The minimum Gasteiger partial charge on any atom is -0.472 e. The van der Waals surface area contributed by atoms with Crippen LogP contribution in [0.1, 0.15) is 79.2 Å². The molecule has 252 valence electrons. The molecule has 1 spiro atoms. The molecule has 0 radical (unpaired) electrons. The molecule has 1 aromatic rings. The normalized spacial score (nSPS) is 38.8. The molecular formula is C35H46O11. The average molecular weight is 643 g/mol. The number of esters is 4. The van der Waals surface area contributed by atoms with Crippen molar-refractivity contribution >= 4 is 23.9 Å². The van der Waals surface area contributed by atoms with E-state index in [1.807, 2.05) is 26.8 Å². The van der Waals surface area contributed by atoms with E-state index in [4.69, 9.17) is 28.1 Å². The zero-order chi connectivity index (χ0) is 34.0. The van der Waals surface area contributed by atoms with Gasteiger partial charge in [-0.05, 0) is 43.4 Å². The van der Waals surface area contributed by atoms with E-state index in [1.54, 1.807) is 39.4 Å². The number of carbonyl (C=O) groups excluding carboxylic acids is 4. The van der Waals surface area contributed by atoms with Crippen LogP contribution in [0.4, 0.5) is 0 Å². The number of hydrogen-bond acceptors (Lipinski definition) is 11. The number of ether oxygens (including phenoxy) is 5. The van der Waals surface area contributed by atoms with Gasteiger partial charge in [0, 0.05) is 36.2 Å². The third-order valence-corrected chi connectivity index (χ3v) is 11.5. The van der Waals surface area contributed by atoms with Crippen LogP contribution in [-0.2, 0) is 42.9 Å². The van der Waals surface area contributed by atoms with E-state index in [9.17, 15) is 24.3 Å². The highest BCUT2D eigenvalue weighted by Crippen LogP contribution is 2.76. The van der Waals surface area contributed by atoms with Crippen molar-refractivity contribution in [1.82, 2.24) is 0 Å². The van der Waals surface area contributed by atoms with Crippen LogP contribution < -0.4 is 0 Å². The Balaban J connectivity index is 1.74. The van der Waals surface area contributed by atoms with Gasteiger partial charge in [0.05, 0.1) is 37.6 Å². The average Bonchev–Trinajstić information content (AvgIpc) is 3.37. The largest absolute Gasteiger partial charge is 0.472 e. The fourth-order valence-corrected chi connectivity index (χ4v) is 8.94. The van der Waals surface area contributed by atoms with Crippen LogP contribution in [0.3, 0.4) is 0 Å². The number of allylic oxidation sites excluding steroid dienone is 1. The molecule has 5 rings (SSSR count). The molecule has 0 aromatic carbocycles. The molecule has 1 N–H and O–H groups in total. The van der Waals surface area contributed by atoms with E-state index in [-0.39, 0.29) is 18.4 Å². The number of aliphatic hydroxyl groups excluding tert-OH is 1. The lowest BCUT2D eigenvalue weighted by atomic mass is 9.48. The van der Waals surface area contributed by atoms with Crippen molar-refractivity contribution in [2.45, 2.75) is 109 Å². The number of carbonyl (C=O) groups is 4. The predicted octanol–water partition coefficient (Wildman–Crippen LogP) is 4.42.